The van der Waals surface area contributed by atoms with Crippen LogP contribution >= 0.6 is 27.3 Å². The number of nitrogen functional groups attached to an aromatic ring is 1. The Balaban J connectivity index is 1.76. The minimum atomic E-state index is 0.782. The van der Waals surface area contributed by atoms with Crippen LogP contribution in [0.1, 0.15) is 16.3 Å². The number of hydrogen-bond acceptors (Lipinski definition) is 4. The second-order valence-electron chi connectivity index (χ2n) is 4.17. The van der Waals surface area contributed by atoms with Crippen LogP contribution in [-0.4, -0.2) is 11.5 Å². The average molecular weight is 326 g/mol. The summed E-state index contributed by atoms with van der Waals surface area (Å²) in [6.45, 7) is 3.79. The Morgan fingerprint density at radius 3 is 2.94 bits per heavy atom. The zero-order valence-corrected chi connectivity index (χ0v) is 12.6. The second-order valence-corrected chi connectivity index (χ2v) is 5.96. The molecule has 0 radical (unpaired) electrons. The van der Waals surface area contributed by atoms with Crippen molar-refractivity contribution >= 4 is 33.0 Å². The van der Waals surface area contributed by atoms with Gasteiger partial charge in [0.2, 0.25) is 0 Å². The van der Waals surface area contributed by atoms with Crippen LogP contribution in [0.4, 0.5) is 5.69 Å². The predicted octanol–water partition coefficient (Wildman–Crippen LogP) is 3.13. The summed E-state index contributed by atoms with van der Waals surface area (Å²) in [7, 11) is 0. The first-order chi connectivity index (χ1) is 8.65. The molecule has 2 aromatic rings. The second kappa shape index (κ2) is 6.31. The molecule has 96 valence electrons. The maximum atomic E-state index is 5.84. The van der Waals surface area contributed by atoms with E-state index in [1.165, 1.54) is 10.6 Å². The number of rotatable bonds is 5. The van der Waals surface area contributed by atoms with Crippen LogP contribution < -0.4 is 11.1 Å². The van der Waals surface area contributed by atoms with Gasteiger partial charge in [0.25, 0.3) is 0 Å². The third kappa shape index (κ3) is 3.80. The Kier molecular flexibility index (Phi) is 4.74. The smallest absolute Gasteiger partial charge is 0.0940 e. The third-order valence-electron chi connectivity index (χ3n) is 2.57. The SMILES string of the molecule is Cc1csc(CCNCc2ccc(Br)c(N)c2)n1. The molecule has 0 bridgehead atoms. The van der Waals surface area contributed by atoms with Crippen molar-refractivity contribution in [3.05, 3.63) is 44.3 Å². The zero-order valence-electron chi connectivity index (χ0n) is 10.2. The monoisotopic (exact) mass is 325 g/mol. The van der Waals surface area contributed by atoms with Gasteiger partial charge in [-0.05, 0) is 40.5 Å². The zero-order chi connectivity index (χ0) is 13.0. The third-order valence-corrected chi connectivity index (χ3v) is 4.32. The molecule has 0 atom stereocenters. The van der Waals surface area contributed by atoms with Crippen molar-refractivity contribution in [2.24, 2.45) is 0 Å². The minimum Gasteiger partial charge on any atom is -0.398 e. The Hall–Kier alpha value is -0.910. The lowest BCUT2D eigenvalue weighted by Gasteiger charge is -2.05. The maximum absolute atomic E-state index is 5.84. The molecule has 0 saturated heterocycles. The van der Waals surface area contributed by atoms with E-state index < -0.39 is 0 Å². The summed E-state index contributed by atoms with van der Waals surface area (Å²) in [5, 5.41) is 6.68. The molecule has 0 aliphatic carbocycles. The fraction of sp³-hybridized carbons (Fsp3) is 0.308. The lowest BCUT2D eigenvalue weighted by Crippen LogP contribution is -2.16. The number of anilines is 1. The van der Waals surface area contributed by atoms with Crippen LogP contribution in [0.25, 0.3) is 0 Å². The molecule has 0 saturated carbocycles. The summed E-state index contributed by atoms with van der Waals surface area (Å²) in [4.78, 5) is 4.43. The van der Waals surface area contributed by atoms with Crippen molar-refractivity contribution in [1.29, 1.82) is 0 Å². The normalized spacial score (nSPS) is 10.8. The molecule has 0 fully saturated rings. The number of halogens is 1. The summed E-state index contributed by atoms with van der Waals surface area (Å²) in [5.41, 5.74) is 8.93. The van der Waals surface area contributed by atoms with Crippen molar-refractivity contribution in [2.75, 3.05) is 12.3 Å². The molecule has 0 spiro atoms. The van der Waals surface area contributed by atoms with E-state index in [9.17, 15) is 0 Å². The van der Waals surface area contributed by atoms with Crippen molar-refractivity contribution in [2.45, 2.75) is 19.9 Å². The van der Waals surface area contributed by atoms with Crippen LogP contribution in [0.5, 0.6) is 0 Å². The van der Waals surface area contributed by atoms with Crippen molar-refractivity contribution < 1.29 is 0 Å². The van der Waals surface area contributed by atoms with Gasteiger partial charge in [-0.25, -0.2) is 4.98 Å². The lowest BCUT2D eigenvalue weighted by molar-refractivity contribution is 0.685. The molecular formula is C13H16BrN3S. The Labute approximate surface area is 120 Å². The van der Waals surface area contributed by atoms with E-state index >= 15 is 0 Å². The van der Waals surface area contributed by atoms with Gasteiger partial charge >= 0.3 is 0 Å². The van der Waals surface area contributed by atoms with E-state index in [-0.39, 0.29) is 0 Å². The molecule has 2 rings (SSSR count). The maximum Gasteiger partial charge on any atom is 0.0940 e. The van der Waals surface area contributed by atoms with Crippen LogP contribution in [-0.2, 0) is 13.0 Å². The van der Waals surface area contributed by atoms with Crippen LogP contribution in [0.2, 0.25) is 0 Å². The van der Waals surface area contributed by atoms with Gasteiger partial charge in [-0.3, -0.25) is 0 Å². The molecule has 3 N–H and O–H groups in total. The molecule has 0 aliphatic heterocycles. The van der Waals surface area contributed by atoms with E-state index in [1.54, 1.807) is 11.3 Å². The molecule has 0 aliphatic rings. The number of aromatic nitrogens is 1. The Morgan fingerprint density at radius 1 is 1.44 bits per heavy atom. The van der Waals surface area contributed by atoms with Crippen molar-refractivity contribution in [3.63, 3.8) is 0 Å². The minimum absolute atomic E-state index is 0.782. The Morgan fingerprint density at radius 2 is 2.28 bits per heavy atom. The highest BCUT2D eigenvalue weighted by molar-refractivity contribution is 9.10. The van der Waals surface area contributed by atoms with Gasteiger partial charge in [0.05, 0.1) is 5.01 Å². The molecule has 5 heteroatoms. The van der Waals surface area contributed by atoms with Gasteiger partial charge < -0.3 is 11.1 Å². The van der Waals surface area contributed by atoms with Crippen molar-refractivity contribution in [1.82, 2.24) is 10.3 Å². The fourth-order valence-corrected chi connectivity index (χ4v) is 2.67. The topological polar surface area (TPSA) is 50.9 Å². The van der Waals surface area contributed by atoms with Gasteiger partial charge in [0, 0.05) is 40.7 Å². The van der Waals surface area contributed by atoms with Crippen LogP contribution in [0, 0.1) is 6.92 Å². The number of benzene rings is 1. The number of nitrogens with two attached hydrogens (primary N) is 1. The molecule has 1 heterocycles. The molecular weight excluding hydrogens is 310 g/mol. The highest BCUT2D eigenvalue weighted by atomic mass is 79.9. The predicted molar refractivity (Wildman–Crippen MR) is 80.8 cm³/mol. The first-order valence-corrected chi connectivity index (χ1v) is 7.48. The van der Waals surface area contributed by atoms with Crippen LogP contribution in [0.15, 0.2) is 28.1 Å². The number of thiazole rings is 1. The summed E-state index contributed by atoms with van der Waals surface area (Å²) in [6, 6.07) is 6.04. The summed E-state index contributed by atoms with van der Waals surface area (Å²) in [6.07, 6.45) is 0.977. The summed E-state index contributed by atoms with van der Waals surface area (Å²) >= 11 is 5.11. The number of hydrogen-bond donors (Lipinski definition) is 2. The largest absolute Gasteiger partial charge is 0.398 e. The molecule has 1 aromatic heterocycles. The molecule has 1 aromatic carbocycles. The number of aryl methyl sites for hydroxylation is 1. The highest BCUT2D eigenvalue weighted by Gasteiger charge is 2.00. The first-order valence-electron chi connectivity index (χ1n) is 5.81. The summed E-state index contributed by atoms with van der Waals surface area (Å²) in [5.74, 6) is 0. The van der Waals surface area contributed by atoms with Gasteiger partial charge in [-0.1, -0.05) is 6.07 Å². The summed E-state index contributed by atoms with van der Waals surface area (Å²) < 4.78 is 0.949. The van der Waals surface area contributed by atoms with E-state index in [1.807, 2.05) is 19.1 Å². The van der Waals surface area contributed by atoms with E-state index in [0.29, 0.717) is 0 Å². The number of nitrogens with zero attached hydrogens (tertiary/aromatic N) is 1. The molecule has 3 nitrogen and oxygen atoms in total. The molecule has 0 unspecified atom stereocenters. The fourth-order valence-electron chi connectivity index (χ4n) is 1.65. The molecule has 18 heavy (non-hydrogen) atoms. The van der Waals surface area contributed by atoms with E-state index in [2.05, 4.69) is 37.7 Å². The van der Waals surface area contributed by atoms with Gasteiger partial charge in [-0.15, -0.1) is 11.3 Å². The van der Waals surface area contributed by atoms with Crippen LogP contribution in [0.3, 0.4) is 0 Å². The highest BCUT2D eigenvalue weighted by Crippen LogP contribution is 2.20. The van der Waals surface area contributed by atoms with Gasteiger partial charge in [0.15, 0.2) is 0 Å². The Bertz CT molecular complexity index is 525. The number of nitrogens with one attached hydrogen (secondary N) is 1. The van der Waals surface area contributed by atoms with Gasteiger partial charge in [0.1, 0.15) is 0 Å². The molecule has 0 amide bonds. The standard InChI is InChI=1S/C13H16BrN3S/c1-9-8-18-13(17-9)4-5-16-7-10-2-3-11(14)12(15)6-10/h2-3,6,8,16H,4-5,7,15H2,1H3. The first kappa shape index (κ1) is 13.5. The quantitative estimate of drug-likeness (QED) is 0.656. The van der Waals surface area contributed by atoms with Gasteiger partial charge in [-0.2, -0.15) is 0 Å². The van der Waals surface area contributed by atoms with E-state index in [0.717, 1.165) is 35.4 Å². The lowest BCUT2D eigenvalue weighted by atomic mass is 10.2. The van der Waals surface area contributed by atoms with E-state index in [4.69, 9.17) is 5.73 Å². The van der Waals surface area contributed by atoms with Crippen molar-refractivity contribution in [3.8, 4) is 0 Å². The average Bonchev–Trinajstić information content (AvgIpc) is 2.75.